The smallest absolute Gasteiger partial charge is 0.152 e. The minimum absolute atomic E-state index is 0.102. The van der Waals surface area contributed by atoms with Crippen molar-refractivity contribution in [1.29, 1.82) is 5.26 Å². The maximum Gasteiger partial charge on any atom is 0.152 e. The molecule has 0 bridgehead atoms. The van der Waals surface area contributed by atoms with E-state index in [2.05, 4.69) is 10.3 Å². The third kappa shape index (κ3) is 3.17. The van der Waals surface area contributed by atoms with Gasteiger partial charge in [0.05, 0.1) is 23.1 Å². The standard InChI is InChI=1S/C11H13N3O2S/c12-7-9-3-4-13-11(6-9)14-10-2-1-5-17(15,16)8-10/h3-4,6,10H,1-2,5,8H2,(H,13,14). The Morgan fingerprint density at radius 1 is 1.53 bits per heavy atom. The first-order valence-electron chi connectivity index (χ1n) is 5.42. The van der Waals surface area contributed by atoms with Crippen molar-refractivity contribution in [3.63, 3.8) is 0 Å². The Balaban J connectivity index is 2.08. The van der Waals surface area contributed by atoms with Gasteiger partial charge < -0.3 is 5.32 Å². The van der Waals surface area contributed by atoms with Gasteiger partial charge in [-0.25, -0.2) is 13.4 Å². The van der Waals surface area contributed by atoms with Crippen molar-refractivity contribution in [3.8, 4) is 6.07 Å². The molecule has 1 aliphatic heterocycles. The third-order valence-electron chi connectivity index (χ3n) is 2.70. The fourth-order valence-electron chi connectivity index (χ4n) is 1.92. The van der Waals surface area contributed by atoms with Crippen LogP contribution in [-0.2, 0) is 9.84 Å². The maximum absolute atomic E-state index is 11.5. The Morgan fingerprint density at radius 2 is 2.35 bits per heavy atom. The Bertz CT molecular complexity index is 548. The summed E-state index contributed by atoms with van der Waals surface area (Å²) in [6, 6.07) is 5.16. The first kappa shape index (κ1) is 11.9. The molecule has 17 heavy (non-hydrogen) atoms. The molecule has 1 saturated heterocycles. The second kappa shape index (κ2) is 4.72. The van der Waals surface area contributed by atoms with E-state index in [9.17, 15) is 8.42 Å². The Labute approximate surface area is 100 Å². The van der Waals surface area contributed by atoms with Gasteiger partial charge in [0.25, 0.3) is 0 Å². The molecule has 0 amide bonds. The highest BCUT2D eigenvalue weighted by Crippen LogP contribution is 2.16. The number of hydrogen-bond acceptors (Lipinski definition) is 5. The number of rotatable bonds is 2. The molecule has 90 valence electrons. The van der Waals surface area contributed by atoms with Gasteiger partial charge in [0.2, 0.25) is 0 Å². The number of nitrogens with one attached hydrogen (secondary N) is 1. The van der Waals surface area contributed by atoms with E-state index in [1.165, 1.54) is 6.20 Å². The average molecular weight is 251 g/mol. The molecule has 0 aromatic carbocycles. The summed E-state index contributed by atoms with van der Waals surface area (Å²) < 4.78 is 22.9. The van der Waals surface area contributed by atoms with E-state index in [0.717, 1.165) is 6.42 Å². The minimum atomic E-state index is -2.92. The third-order valence-corrected chi connectivity index (χ3v) is 4.53. The molecular weight excluding hydrogens is 238 g/mol. The number of sulfone groups is 1. The Kier molecular flexibility index (Phi) is 3.29. The molecule has 1 aromatic heterocycles. The lowest BCUT2D eigenvalue weighted by Crippen LogP contribution is -2.35. The highest BCUT2D eigenvalue weighted by atomic mass is 32.2. The minimum Gasteiger partial charge on any atom is -0.366 e. The van der Waals surface area contributed by atoms with Crippen LogP contribution in [0.25, 0.3) is 0 Å². The zero-order valence-corrected chi connectivity index (χ0v) is 10.1. The van der Waals surface area contributed by atoms with E-state index in [1.54, 1.807) is 12.1 Å². The summed E-state index contributed by atoms with van der Waals surface area (Å²) in [6.45, 7) is 0. The molecule has 2 rings (SSSR count). The second-order valence-corrected chi connectivity index (χ2v) is 6.37. The van der Waals surface area contributed by atoms with Crippen LogP contribution in [0.1, 0.15) is 18.4 Å². The molecule has 0 aliphatic carbocycles. The summed E-state index contributed by atoms with van der Waals surface area (Å²) >= 11 is 0. The molecule has 1 unspecified atom stereocenters. The van der Waals surface area contributed by atoms with E-state index < -0.39 is 9.84 Å². The van der Waals surface area contributed by atoms with Crippen LogP contribution in [0.4, 0.5) is 5.82 Å². The summed E-state index contributed by atoms with van der Waals surface area (Å²) in [4.78, 5) is 4.07. The molecular formula is C11H13N3O2S. The van der Waals surface area contributed by atoms with Gasteiger partial charge in [-0.1, -0.05) is 0 Å². The molecule has 0 spiro atoms. The van der Waals surface area contributed by atoms with Crippen LogP contribution < -0.4 is 5.32 Å². The molecule has 1 fully saturated rings. The first-order valence-corrected chi connectivity index (χ1v) is 7.24. The van der Waals surface area contributed by atoms with E-state index in [1.807, 2.05) is 6.07 Å². The van der Waals surface area contributed by atoms with Gasteiger partial charge in [0.15, 0.2) is 9.84 Å². The molecule has 1 aliphatic rings. The van der Waals surface area contributed by atoms with Gasteiger partial charge in [-0.05, 0) is 25.0 Å². The number of anilines is 1. The molecule has 0 saturated carbocycles. The van der Waals surface area contributed by atoms with E-state index >= 15 is 0 Å². The molecule has 1 N–H and O–H groups in total. The van der Waals surface area contributed by atoms with Crippen LogP contribution in [0.2, 0.25) is 0 Å². The van der Waals surface area contributed by atoms with Crippen LogP contribution in [0.3, 0.4) is 0 Å². The second-order valence-electron chi connectivity index (χ2n) is 4.14. The lowest BCUT2D eigenvalue weighted by Gasteiger charge is -2.23. The predicted octanol–water partition coefficient (Wildman–Crippen LogP) is 0.942. The normalized spacial score (nSPS) is 22.6. The SMILES string of the molecule is N#Cc1ccnc(NC2CCCS(=O)(=O)C2)c1. The molecule has 1 aromatic rings. The lowest BCUT2D eigenvalue weighted by molar-refractivity contribution is 0.561. The Morgan fingerprint density at radius 3 is 3.06 bits per heavy atom. The largest absolute Gasteiger partial charge is 0.366 e. The van der Waals surface area contributed by atoms with Gasteiger partial charge in [-0.2, -0.15) is 5.26 Å². The van der Waals surface area contributed by atoms with Gasteiger partial charge in [-0.15, -0.1) is 0 Å². The quantitative estimate of drug-likeness (QED) is 0.845. The fraction of sp³-hybridized carbons (Fsp3) is 0.455. The fourth-order valence-corrected chi connectivity index (χ4v) is 3.56. The van der Waals surface area contributed by atoms with Crippen molar-refractivity contribution in [2.75, 3.05) is 16.8 Å². The topological polar surface area (TPSA) is 82.8 Å². The van der Waals surface area contributed by atoms with Crippen molar-refractivity contribution in [3.05, 3.63) is 23.9 Å². The maximum atomic E-state index is 11.5. The van der Waals surface area contributed by atoms with E-state index in [4.69, 9.17) is 5.26 Å². The van der Waals surface area contributed by atoms with E-state index in [0.29, 0.717) is 17.8 Å². The van der Waals surface area contributed by atoms with Crippen molar-refractivity contribution < 1.29 is 8.42 Å². The molecule has 6 heteroatoms. The number of pyridine rings is 1. The zero-order chi connectivity index (χ0) is 12.3. The van der Waals surface area contributed by atoms with Gasteiger partial charge in [0.1, 0.15) is 5.82 Å². The molecule has 1 atom stereocenters. The first-order chi connectivity index (χ1) is 8.09. The zero-order valence-electron chi connectivity index (χ0n) is 9.26. The summed E-state index contributed by atoms with van der Waals surface area (Å²) in [5.41, 5.74) is 0.515. The predicted molar refractivity (Wildman–Crippen MR) is 64.3 cm³/mol. The summed E-state index contributed by atoms with van der Waals surface area (Å²) in [5, 5.41) is 11.8. The van der Waals surface area contributed by atoms with Crippen LogP contribution in [0.5, 0.6) is 0 Å². The van der Waals surface area contributed by atoms with Crippen LogP contribution >= 0.6 is 0 Å². The molecule has 5 nitrogen and oxygen atoms in total. The summed E-state index contributed by atoms with van der Waals surface area (Å²) in [7, 11) is -2.92. The van der Waals surface area contributed by atoms with Crippen LogP contribution in [0.15, 0.2) is 18.3 Å². The number of hydrogen-bond donors (Lipinski definition) is 1. The number of nitriles is 1. The van der Waals surface area contributed by atoms with Crippen LogP contribution in [0, 0.1) is 11.3 Å². The van der Waals surface area contributed by atoms with Gasteiger partial charge in [0, 0.05) is 12.2 Å². The average Bonchev–Trinajstić information content (AvgIpc) is 2.28. The molecule has 0 radical (unpaired) electrons. The number of aromatic nitrogens is 1. The van der Waals surface area contributed by atoms with Crippen molar-refractivity contribution in [2.45, 2.75) is 18.9 Å². The highest BCUT2D eigenvalue weighted by molar-refractivity contribution is 7.91. The van der Waals surface area contributed by atoms with E-state index in [-0.39, 0.29) is 17.5 Å². The van der Waals surface area contributed by atoms with Crippen LogP contribution in [-0.4, -0.2) is 30.9 Å². The van der Waals surface area contributed by atoms with Crippen molar-refractivity contribution >= 4 is 15.7 Å². The van der Waals surface area contributed by atoms with Crippen molar-refractivity contribution in [1.82, 2.24) is 4.98 Å². The monoisotopic (exact) mass is 251 g/mol. The van der Waals surface area contributed by atoms with Gasteiger partial charge >= 0.3 is 0 Å². The molecule has 2 heterocycles. The van der Waals surface area contributed by atoms with Gasteiger partial charge in [-0.3, -0.25) is 0 Å². The Hall–Kier alpha value is -1.61. The highest BCUT2D eigenvalue weighted by Gasteiger charge is 2.24. The lowest BCUT2D eigenvalue weighted by atomic mass is 10.2. The van der Waals surface area contributed by atoms with Crippen molar-refractivity contribution in [2.24, 2.45) is 0 Å². The summed E-state index contributed by atoms with van der Waals surface area (Å²) in [5.74, 6) is 0.980. The number of nitrogens with zero attached hydrogens (tertiary/aromatic N) is 2. The summed E-state index contributed by atoms with van der Waals surface area (Å²) in [6.07, 6.45) is 3.04.